The van der Waals surface area contributed by atoms with E-state index in [2.05, 4.69) is 56.1 Å². The Morgan fingerprint density at radius 2 is 1.73 bits per heavy atom. The molecule has 0 saturated carbocycles. The van der Waals surface area contributed by atoms with E-state index in [1.165, 1.54) is 24.0 Å². The lowest BCUT2D eigenvalue weighted by atomic mass is 9.63. The molecule has 0 amide bonds. The van der Waals surface area contributed by atoms with Crippen molar-refractivity contribution >= 4 is 5.97 Å². The van der Waals surface area contributed by atoms with E-state index >= 15 is 0 Å². The zero-order valence-corrected chi connectivity index (χ0v) is 20.1. The highest BCUT2D eigenvalue weighted by Gasteiger charge is 2.36. The maximum atomic E-state index is 11.4. The molecule has 0 spiro atoms. The number of benzene rings is 2. The molecule has 6 heteroatoms. The van der Waals surface area contributed by atoms with Crippen molar-refractivity contribution in [3.8, 4) is 5.75 Å². The summed E-state index contributed by atoms with van der Waals surface area (Å²) < 4.78 is 7.84. The molecule has 0 radical (unpaired) electrons. The van der Waals surface area contributed by atoms with E-state index in [0.29, 0.717) is 12.4 Å². The first-order valence-electron chi connectivity index (χ1n) is 11.5. The van der Waals surface area contributed by atoms with Crippen molar-refractivity contribution in [1.29, 1.82) is 0 Å². The van der Waals surface area contributed by atoms with Crippen molar-refractivity contribution in [3.05, 3.63) is 76.9 Å². The largest absolute Gasteiger partial charge is 0.489 e. The van der Waals surface area contributed by atoms with E-state index in [1.807, 2.05) is 31.3 Å². The monoisotopic (exact) mass is 447 g/mol. The van der Waals surface area contributed by atoms with Crippen LogP contribution >= 0.6 is 0 Å². The second kappa shape index (κ2) is 8.65. The molecular formula is C27H33N3O3. The van der Waals surface area contributed by atoms with Gasteiger partial charge in [0.2, 0.25) is 0 Å². The molecule has 1 atom stereocenters. The first-order chi connectivity index (χ1) is 15.6. The number of ether oxygens (including phenoxy) is 1. The molecule has 1 aliphatic carbocycles. The fraction of sp³-hybridized carbons (Fsp3) is 0.444. The summed E-state index contributed by atoms with van der Waals surface area (Å²) in [5, 5.41) is 17.4. The highest BCUT2D eigenvalue weighted by Crippen LogP contribution is 2.46. The van der Waals surface area contributed by atoms with Gasteiger partial charge < -0.3 is 14.4 Å². The van der Waals surface area contributed by atoms with Gasteiger partial charge in [0, 0.05) is 7.05 Å². The van der Waals surface area contributed by atoms with Crippen molar-refractivity contribution in [1.82, 2.24) is 14.8 Å². The van der Waals surface area contributed by atoms with Gasteiger partial charge in [-0.25, -0.2) is 0 Å². The van der Waals surface area contributed by atoms with Gasteiger partial charge in [-0.05, 0) is 58.1 Å². The van der Waals surface area contributed by atoms with Crippen LogP contribution in [0.4, 0.5) is 0 Å². The summed E-state index contributed by atoms with van der Waals surface area (Å²) in [7, 11) is 1.82. The molecule has 1 heterocycles. The normalized spacial score (nSPS) is 17.2. The SMILES string of the molecule is Cn1cnnc1C(CC(=O)O)c1ccc(OCc2ccc3c(c2)C(C)(C)CCC3(C)C)cc1. The summed E-state index contributed by atoms with van der Waals surface area (Å²) in [6, 6.07) is 14.4. The summed E-state index contributed by atoms with van der Waals surface area (Å²) in [5.74, 6) is 0.144. The van der Waals surface area contributed by atoms with Crippen LogP contribution < -0.4 is 4.74 Å². The lowest BCUT2D eigenvalue weighted by molar-refractivity contribution is -0.137. The van der Waals surface area contributed by atoms with Gasteiger partial charge in [-0.3, -0.25) is 4.79 Å². The number of aromatic nitrogens is 3. The minimum atomic E-state index is -0.873. The van der Waals surface area contributed by atoms with Crippen LogP contribution in [0.1, 0.15) is 81.0 Å². The molecule has 174 valence electrons. The number of aryl methyl sites for hydroxylation is 1. The summed E-state index contributed by atoms with van der Waals surface area (Å²) in [6.45, 7) is 9.81. The van der Waals surface area contributed by atoms with E-state index in [4.69, 9.17) is 4.74 Å². The third kappa shape index (κ3) is 4.80. The Kier molecular flexibility index (Phi) is 6.04. The maximum absolute atomic E-state index is 11.4. The second-order valence-electron chi connectivity index (χ2n) is 10.5. The van der Waals surface area contributed by atoms with Crippen LogP contribution in [0.3, 0.4) is 0 Å². The number of carbonyl (C=O) groups is 1. The molecule has 1 aromatic heterocycles. The highest BCUT2D eigenvalue weighted by molar-refractivity contribution is 5.68. The summed E-state index contributed by atoms with van der Waals surface area (Å²) in [5.41, 5.74) is 5.28. The Balaban J connectivity index is 1.50. The number of hydrogen-bond acceptors (Lipinski definition) is 4. The van der Waals surface area contributed by atoms with Crippen molar-refractivity contribution in [3.63, 3.8) is 0 Å². The first-order valence-corrected chi connectivity index (χ1v) is 11.5. The Labute approximate surface area is 195 Å². The first kappa shape index (κ1) is 23.0. The summed E-state index contributed by atoms with van der Waals surface area (Å²) in [6.07, 6.45) is 3.92. The van der Waals surface area contributed by atoms with Crippen molar-refractivity contribution in [2.75, 3.05) is 0 Å². The fourth-order valence-electron chi connectivity index (χ4n) is 4.83. The third-order valence-electron chi connectivity index (χ3n) is 7.04. The van der Waals surface area contributed by atoms with Gasteiger partial charge in [0.15, 0.2) is 0 Å². The van der Waals surface area contributed by atoms with Gasteiger partial charge in [0.25, 0.3) is 0 Å². The van der Waals surface area contributed by atoms with E-state index < -0.39 is 5.97 Å². The van der Waals surface area contributed by atoms with Gasteiger partial charge >= 0.3 is 5.97 Å². The predicted octanol–water partition coefficient (Wildman–Crippen LogP) is 5.35. The van der Waals surface area contributed by atoms with Gasteiger partial charge in [-0.15, -0.1) is 10.2 Å². The molecule has 1 N–H and O–H groups in total. The third-order valence-corrected chi connectivity index (χ3v) is 7.04. The molecule has 2 aromatic carbocycles. The Bertz CT molecular complexity index is 1150. The number of rotatable bonds is 7. The van der Waals surface area contributed by atoms with Crippen LogP contribution in [0.5, 0.6) is 5.75 Å². The van der Waals surface area contributed by atoms with Crippen LogP contribution in [-0.4, -0.2) is 25.8 Å². The molecule has 0 saturated heterocycles. The van der Waals surface area contributed by atoms with Gasteiger partial charge in [-0.1, -0.05) is 58.0 Å². The maximum Gasteiger partial charge on any atom is 0.304 e. The number of aliphatic carboxylic acids is 1. The standard InChI is InChI=1S/C27H33N3O3/c1-26(2)12-13-27(3,4)23-14-18(6-11-22(23)26)16-33-20-9-7-19(8-10-20)21(15-24(31)32)25-29-28-17-30(25)5/h6-11,14,17,21H,12-13,15-16H2,1-5H3,(H,31,32). The topological polar surface area (TPSA) is 77.2 Å². The van der Waals surface area contributed by atoms with Crippen molar-refractivity contribution < 1.29 is 14.6 Å². The number of carboxylic acids is 1. The minimum Gasteiger partial charge on any atom is -0.489 e. The zero-order valence-electron chi connectivity index (χ0n) is 20.1. The quantitative estimate of drug-likeness (QED) is 0.528. The van der Waals surface area contributed by atoms with Crippen LogP contribution in [0.25, 0.3) is 0 Å². The lowest BCUT2D eigenvalue weighted by Gasteiger charge is -2.42. The van der Waals surface area contributed by atoms with E-state index in [-0.39, 0.29) is 23.2 Å². The molecule has 4 rings (SSSR count). The average Bonchev–Trinajstić information content (AvgIpc) is 3.20. The molecular weight excluding hydrogens is 414 g/mol. The molecule has 0 fully saturated rings. The predicted molar refractivity (Wildman–Crippen MR) is 128 cm³/mol. The number of fused-ring (bicyclic) bond motifs is 1. The Morgan fingerprint density at radius 1 is 1.06 bits per heavy atom. The molecule has 33 heavy (non-hydrogen) atoms. The molecule has 6 nitrogen and oxygen atoms in total. The smallest absolute Gasteiger partial charge is 0.304 e. The lowest BCUT2D eigenvalue weighted by Crippen LogP contribution is -2.33. The van der Waals surface area contributed by atoms with E-state index in [0.717, 1.165) is 16.9 Å². The van der Waals surface area contributed by atoms with Crippen LogP contribution in [0.2, 0.25) is 0 Å². The van der Waals surface area contributed by atoms with Gasteiger partial charge in [0.1, 0.15) is 24.5 Å². The summed E-state index contributed by atoms with van der Waals surface area (Å²) in [4.78, 5) is 11.4. The minimum absolute atomic E-state index is 0.0476. The number of carboxylic acid groups (broad SMARTS) is 1. The molecule has 1 unspecified atom stereocenters. The molecule has 3 aromatic rings. The molecule has 0 bridgehead atoms. The number of nitrogens with zero attached hydrogens (tertiary/aromatic N) is 3. The van der Waals surface area contributed by atoms with Gasteiger partial charge in [-0.2, -0.15) is 0 Å². The van der Waals surface area contributed by atoms with E-state index in [9.17, 15) is 9.90 Å². The van der Waals surface area contributed by atoms with Crippen LogP contribution in [0.15, 0.2) is 48.8 Å². The van der Waals surface area contributed by atoms with Gasteiger partial charge in [0.05, 0.1) is 12.3 Å². The summed E-state index contributed by atoms with van der Waals surface area (Å²) >= 11 is 0. The van der Waals surface area contributed by atoms with Crippen LogP contribution in [0, 0.1) is 0 Å². The fourth-order valence-corrected chi connectivity index (χ4v) is 4.83. The van der Waals surface area contributed by atoms with Crippen LogP contribution in [-0.2, 0) is 29.3 Å². The highest BCUT2D eigenvalue weighted by atomic mass is 16.5. The van der Waals surface area contributed by atoms with E-state index in [1.54, 1.807) is 10.9 Å². The zero-order chi connectivity index (χ0) is 23.8. The molecule has 1 aliphatic rings. The average molecular weight is 448 g/mol. The number of hydrogen-bond donors (Lipinski definition) is 1. The second-order valence-corrected chi connectivity index (χ2v) is 10.5. The Morgan fingerprint density at radius 3 is 2.33 bits per heavy atom. The van der Waals surface area contributed by atoms with Crippen molar-refractivity contribution in [2.45, 2.75) is 70.3 Å². The molecule has 0 aliphatic heterocycles. The Hall–Kier alpha value is -3.15. The van der Waals surface area contributed by atoms with Crippen molar-refractivity contribution in [2.24, 2.45) is 7.05 Å².